The number of hydrogen-bond donors (Lipinski definition) is 0. The normalized spacial score (nSPS) is 12.9. The first kappa shape index (κ1) is 31.2. The van der Waals surface area contributed by atoms with Gasteiger partial charge < -0.3 is 18.1 Å². The lowest BCUT2D eigenvalue weighted by atomic mass is 10.0. The Balaban J connectivity index is 0.909. The second-order valence-corrected chi connectivity index (χ2v) is 16.3. The van der Waals surface area contributed by atoms with Gasteiger partial charge in [-0.2, -0.15) is 0 Å². The third-order valence-corrected chi connectivity index (χ3v) is 12.9. The van der Waals surface area contributed by atoms with E-state index in [0.717, 1.165) is 71.8 Å². The zero-order chi connectivity index (χ0) is 45.4. The molecule has 14 rings (SSSR count). The van der Waals surface area contributed by atoms with E-state index in [0.29, 0.717) is 33.3 Å². The highest BCUT2D eigenvalue weighted by atomic mass is 16.3. The van der Waals surface area contributed by atoms with E-state index in [9.17, 15) is 0 Å². The monoisotopic (exact) mass is 821 g/mol. The number of para-hydroxylation sites is 5. The van der Waals surface area contributed by atoms with Gasteiger partial charge in [0.05, 0.1) is 38.6 Å². The first-order valence-electron chi connectivity index (χ1n) is 23.3. The number of aromatic nitrogens is 5. The number of rotatable bonds is 5. The predicted octanol–water partition coefficient (Wildman–Crippen LogP) is 15.0. The van der Waals surface area contributed by atoms with Crippen molar-refractivity contribution in [3.63, 3.8) is 0 Å². The van der Waals surface area contributed by atoms with Crippen LogP contribution in [0.4, 0.5) is 0 Å². The molecule has 0 atom stereocenters. The fourth-order valence-corrected chi connectivity index (χ4v) is 10.1. The molecule has 0 aliphatic carbocycles. The summed E-state index contributed by atoms with van der Waals surface area (Å²) in [6.45, 7) is 0. The first-order valence-corrected chi connectivity index (χ1v) is 21.3. The van der Waals surface area contributed by atoms with E-state index in [2.05, 4.69) is 149 Å². The molecule has 298 valence electrons. The van der Waals surface area contributed by atoms with Crippen LogP contribution in [0.25, 0.3) is 127 Å². The Morgan fingerprint density at radius 3 is 1.80 bits per heavy atom. The van der Waals surface area contributed by atoms with Crippen molar-refractivity contribution in [3.05, 3.63) is 212 Å². The molecule has 0 aliphatic rings. The van der Waals surface area contributed by atoms with Gasteiger partial charge in [-0.15, -0.1) is 0 Å². The lowest BCUT2D eigenvalue weighted by Crippen LogP contribution is -1.95. The molecule has 0 saturated carbocycles. The van der Waals surface area contributed by atoms with Crippen molar-refractivity contribution < 1.29 is 9.90 Å². The fraction of sp³-hybridized carbons (Fsp3) is 0. The maximum absolute atomic E-state index is 8.97. The van der Waals surface area contributed by atoms with Crippen LogP contribution < -0.4 is 0 Å². The summed E-state index contributed by atoms with van der Waals surface area (Å²) in [6.07, 6.45) is 1.57. The number of benzene rings is 9. The van der Waals surface area contributed by atoms with E-state index in [4.69, 9.17) is 19.9 Å². The van der Waals surface area contributed by atoms with Crippen molar-refractivity contribution in [1.82, 2.24) is 23.7 Å². The van der Waals surface area contributed by atoms with Crippen LogP contribution in [0.2, 0.25) is 0 Å². The van der Waals surface area contributed by atoms with Crippen molar-refractivity contribution in [1.29, 1.82) is 0 Å². The molecule has 64 heavy (non-hydrogen) atoms. The van der Waals surface area contributed by atoms with Crippen LogP contribution in [0.15, 0.2) is 217 Å². The zero-order valence-corrected chi connectivity index (χ0v) is 34.0. The van der Waals surface area contributed by atoms with Crippen molar-refractivity contribution in [2.24, 2.45) is 0 Å². The Morgan fingerprint density at radius 2 is 0.984 bits per heavy atom. The molecule has 0 amide bonds. The van der Waals surface area contributed by atoms with E-state index in [1.54, 1.807) is 6.33 Å². The van der Waals surface area contributed by atoms with E-state index >= 15 is 0 Å². The van der Waals surface area contributed by atoms with Gasteiger partial charge in [0.1, 0.15) is 23.1 Å². The molecule has 6 heteroatoms. The van der Waals surface area contributed by atoms with Gasteiger partial charge in [0.25, 0.3) is 0 Å². The van der Waals surface area contributed by atoms with Crippen molar-refractivity contribution in [2.45, 2.75) is 0 Å². The minimum absolute atomic E-state index is 0.0618. The van der Waals surface area contributed by atoms with E-state index in [1.807, 2.05) is 47.0 Å². The Bertz CT molecular complexity index is 4450. The lowest BCUT2D eigenvalue weighted by Gasteiger charge is -2.11. The van der Waals surface area contributed by atoms with Gasteiger partial charge in [0.2, 0.25) is 0 Å². The zero-order valence-electron chi connectivity index (χ0n) is 38.0. The molecule has 0 fully saturated rings. The van der Waals surface area contributed by atoms with Gasteiger partial charge in [0.15, 0.2) is 5.58 Å². The fourth-order valence-electron chi connectivity index (χ4n) is 10.1. The summed E-state index contributed by atoms with van der Waals surface area (Å²) in [4.78, 5) is 9.59. The second-order valence-electron chi connectivity index (χ2n) is 16.3. The van der Waals surface area contributed by atoms with E-state index in [-0.39, 0.29) is 24.2 Å². The first-order chi connectivity index (χ1) is 33.4. The number of furan rings is 1. The smallest absolute Gasteiger partial charge is 0.180 e. The Labute approximate surface area is 371 Å². The number of hydrogen-bond acceptors (Lipinski definition) is 3. The molecular weight excluding hydrogens is 783 g/mol. The minimum Gasteiger partial charge on any atom is -0.452 e. The minimum atomic E-state index is -0.274. The summed E-state index contributed by atoms with van der Waals surface area (Å²) in [5.74, 6) is 0. The van der Waals surface area contributed by atoms with Gasteiger partial charge >= 0.3 is 0 Å². The van der Waals surface area contributed by atoms with Crippen LogP contribution in [-0.2, 0) is 0 Å². The molecule has 5 aromatic heterocycles. The molecule has 0 spiro atoms. The summed E-state index contributed by atoms with van der Waals surface area (Å²) in [5.41, 5.74) is 14.2. The third kappa shape index (κ3) is 5.02. The van der Waals surface area contributed by atoms with Crippen molar-refractivity contribution in [3.8, 4) is 39.4 Å². The molecule has 14 aromatic rings. The molecule has 0 radical (unpaired) electrons. The summed E-state index contributed by atoms with van der Waals surface area (Å²) in [7, 11) is 0. The highest BCUT2D eigenvalue weighted by molar-refractivity contribution is 6.14. The molecule has 0 aliphatic heterocycles. The van der Waals surface area contributed by atoms with Crippen LogP contribution >= 0.6 is 0 Å². The SMILES string of the molecule is [2H]c1c([2H])c([2H])c2c(c1[2H])c1ccccc1n2-c1ccc2oc3c(-c4cccc(-n5c6ccccc6c6ccc(-c7ccc8c(c7)c7ccccc7n8-c7ccccc7)cc65)c4)ncnc3c2c1. The topological polar surface area (TPSA) is 53.7 Å². The van der Waals surface area contributed by atoms with Gasteiger partial charge in [-0.25, -0.2) is 9.97 Å². The van der Waals surface area contributed by atoms with Gasteiger partial charge in [0, 0.05) is 60.3 Å². The summed E-state index contributed by atoms with van der Waals surface area (Å²) in [6, 6.07) is 62.5. The van der Waals surface area contributed by atoms with E-state index < -0.39 is 0 Å². The van der Waals surface area contributed by atoms with Gasteiger partial charge in [-0.05, 0) is 96.0 Å². The number of nitrogens with zero attached hydrogens (tertiary/aromatic N) is 5. The van der Waals surface area contributed by atoms with Crippen LogP contribution in [0.5, 0.6) is 0 Å². The summed E-state index contributed by atoms with van der Waals surface area (Å²) < 4.78 is 47.9. The molecule has 0 bridgehead atoms. The standard InChI is InChI=1S/C58H35N5O/c1-2-14-39(15-3-1)61-52-24-11-7-20-45(52)47-32-36(26-29-53(47)61)37-25-28-46-44-19-6-10-23-51(44)63(54(46)33-37)40-16-12-13-38(31-40)56-58-57(60-35-59-56)48-34-41(27-30-55(48)64-58)62-49-21-8-4-17-42(49)43-18-5-9-22-50(43)62/h1-35H/i4D,8D,17D,21D. The van der Waals surface area contributed by atoms with Crippen LogP contribution in [-0.4, -0.2) is 23.7 Å². The summed E-state index contributed by atoms with van der Waals surface area (Å²) in [5, 5.41) is 6.74. The Morgan fingerprint density at radius 1 is 0.375 bits per heavy atom. The maximum Gasteiger partial charge on any atom is 0.180 e. The molecular formula is C58H35N5O. The quantitative estimate of drug-likeness (QED) is 0.174. The number of fused-ring (bicyclic) bond motifs is 12. The van der Waals surface area contributed by atoms with Crippen LogP contribution in [0, 0.1) is 0 Å². The van der Waals surface area contributed by atoms with Gasteiger partial charge in [-0.1, -0.05) is 121 Å². The molecule has 0 saturated heterocycles. The Hall–Kier alpha value is -8.74. The summed E-state index contributed by atoms with van der Waals surface area (Å²) >= 11 is 0. The third-order valence-electron chi connectivity index (χ3n) is 12.9. The van der Waals surface area contributed by atoms with Crippen molar-refractivity contribution >= 4 is 87.5 Å². The molecule has 5 heterocycles. The molecule has 0 N–H and O–H groups in total. The molecule has 6 nitrogen and oxygen atoms in total. The second kappa shape index (κ2) is 13.4. The average molecular weight is 822 g/mol. The van der Waals surface area contributed by atoms with Crippen molar-refractivity contribution in [2.75, 3.05) is 0 Å². The lowest BCUT2D eigenvalue weighted by molar-refractivity contribution is 0.667. The highest BCUT2D eigenvalue weighted by Crippen LogP contribution is 2.41. The van der Waals surface area contributed by atoms with Gasteiger partial charge in [-0.3, -0.25) is 0 Å². The molecule has 9 aromatic carbocycles. The Kier molecular flexibility index (Phi) is 6.51. The predicted molar refractivity (Wildman–Crippen MR) is 263 cm³/mol. The average Bonchev–Trinajstić information content (AvgIpc) is 4.13. The largest absolute Gasteiger partial charge is 0.452 e. The van der Waals surface area contributed by atoms with Crippen LogP contribution in [0.1, 0.15) is 5.48 Å². The van der Waals surface area contributed by atoms with E-state index in [1.165, 1.54) is 21.8 Å². The maximum atomic E-state index is 8.97. The molecule has 0 unspecified atom stereocenters. The highest BCUT2D eigenvalue weighted by Gasteiger charge is 2.20. The van der Waals surface area contributed by atoms with Crippen LogP contribution in [0.3, 0.4) is 0 Å².